The predicted molar refractivity (Wildman–Crippen MR) is 62.0 cm³/mol. The van der Waals surface area contributed by atoms with E-state index in [4.69, 9.17) is 0 Å². The molecule has 0 radical (unpaired) electrons. The summed E-state index contributed by atoms with van der Waals surface area (Å²) in [7, 11) is 3.46. The third-order valence-corrected chi connectivity index (χ3v) is 2.47. The lowest BCUT2D eigenvalue weighted by atomic mass is 10.3. The highest BCUT2D eigenvalue weighted by Gasteiger charge is 2.22. The number of carbonyl (C=O) groups excluding carboxylic acids is 2. The van der Waals surface area contributed by atoms with Gasteiger partial charge in [-0.15, -0.1) is 0 Å². The Bertz CT molecular complexity index is 250. The van der Waals surface area contributed by atoms with Gasteiger partial charge in [-0.3, -0.25) is 9.59 Å². The van der Waals surface area contributed by atoms with Gasteiger partial charge in [0.2, 0.25) is 11.8 Å². The van der Waals surface area contributed by atoms with Gasteiger partial charge < -0.3 is 15.5 Å². The van der Waals surface area contributed by atoms with Crippen molar-refractivity contribution in [3.05, 3.63) is 0 Å². The van der Waals surface area contributed by atoms with Crippen LogP contribution in [0.15, 0.2) is 0 Å². The summed E-state index contributed by atoms with van der Waals surface area (Å²) in [6, 6.07) is 0.441. The average molecular weight is 227 g/mol. The normalized spacial score (nSPS) is 14.6. The summed E-state index contributed by atoms with van der Waals surface area (Å²) in [4.78, 5) is 24.0. The second-order valence-electron chi connectivity index (χ2n) is 4.41. The fourth-order valence-corrected chi connectivity index (χ4v) is 1.25. The van der Waals surface area contributed by atoms with E-state index in [1.54, 1.807) is 19.0 Å². The highest BCUT2D eigenvalue weighted by atomic mass is 16.2. The first kappa shape index (κ1) is 13.0. The van der Waals surface area contributed by atoms with Crippen molar-refractivity contribution in [2.45, 2.75) is 31.7 Å². The van der Waals surface area contributed by atoms with Gasteiger partial charge in [0.05, 0.1) is 6.54 Å². The number of nitrogens with one attached hydrogen (secondary N) is 2. The Morgan fingerprint density at radius 3 is 2.56 bits per heavy atom. The van der Waals surface area contributed by atoms with Gasteiger partial charge in [0, 0.05) is 26.6 Å². The molecule has 0 saturated heterocycles. The molecule has 92 valence electrons. The van der Waals surface area contributed by atoms with Crippen LogP contribution in [-0.2, 0) is 9.59 Å². The van der Waals surface area contributed by atoms with Crippen LogP contribution in [0.1, 0.15) is 25.7 Å². The number of amides is 2. The summed E-state index contributed by atoms with van der Waals surface area (Å²) in [6.07, 6.45) is 3.57. The highest BCUT2D eigenvalue weighted by molar-refractivity contribution is 5.77. The van der Waals surface area contributed by atoms with E-state index in [-0.39, 0.29) is 11.8 Å². The van der Waals surface area contributed by atoms with Crippen LogP contribution in [0.3, 0.4) is 0 Å². The summed E-state index contributed by atoms with van der Waals surface area (Å²) in [5.74, 6) is 0.186. The number of hydrogen-bond acceptors (Lipinski definition) is 3. The molecule has 0 aliphatic heterocycles. The monoisotopic (exact) mass is 227 g/mol. The van der Waals surface area contributed by atoms with Gasteiger partial charge in [0.25, 0.3) is 0 Å². The summed E-state index contributed by atoms with van der Waals surface area (Å²) in [5, 5.41) is 5.95. The van der Waals surface area contributed by atoms with E-state index in [2.05, 4.69) is 10.6 Å². The first-order valence-corrected chi connectivity index (χ1v) is 5.80. The average Bonchev–Trinajstić information content (AvgIpc) is 3.00. The van der Waals surface area contributed by atoms with Gasteiger partial charge >= 0.3 is 0 Å². The Morgan fingerprint density at radius 2 is 2.00 bits per heavy atom. The molecule has 0 unspecified atom stereocenters. The molecular weight excluding hydrogens is 206 g/mol. The molecule has 0 aromatic carbocycles. The van der Waals surface area contributed by atoms with Crippen LogP contribution >= 0.6 is 0 Å². The number of likely N-dealkylation sites (N-methyl/N-ethyl adjacent to an activating group) is 1. The van der Waals surface area contributed by atoms with Crippen molar-refractivity contribution >= 4 is 11.8 Å². The van der Waals surface area contributed by atoms with E-state index >= 15 is 0 Å². The molecule has 1 fully saturated rings. The lowest BCUT2D eigenvalue weighted by Crippen LogP contribution is -2.34. The van der Waals surface area contributed by atoms with Crippen LogP contribution in [0.5, 0.6) is 0 Å². The molecule has 1 aliphatic rings. The second-order valence-corrected chi connectivity index (χ2v) is 4.41. The largest absolute Gasteiger partial charge is 0.353 e. The van der Waals surface area contributed by atoms with E-state index in [9.17, 15) is 9.59 Å². The topological polar surface area (TPSA) is 61.4 Å². The van der Waals surface area contributed by atoms with Crippen molar-refractivity contribution in [2.75, 3.05) is 27.2 Å². The van der Waals surface area contributed by atoms with Crippen molar-refractivity contribution < 1.29 is 9.59 Å². The van der Waals surface area contributed by atoms with E-state index < -0.39 is 0 Å². The third-order valence-electron chi connectivity index (χ3n) is 2.47. The van der Waals surface area contributed by atoms with Crippen molar-refractivity contribution in [3.8, 4) is 0 Å². The molecule has 5 heteroatoms. The minimum absolute atomic E-state index is 0.0578. The Kier molecular flexibility index (Phi) is 5.25. The molecular formula is C11H21N3O2. The zero-order valence-corrected chi connectivity index (χ0v) is 10.1. The SMILES string of the molecule is CN(C)C(=O)CNCCCC(=O)NC1CC1. The Labute approximate surface area is 96.6 Å². The molecule has 1 saturated carbocycles. The van der Waals surface area contributed by atoms with Gasteiger partial charge in [0.15, 0.2) is 0 Å². The molecule has 2 amide bonds. The molecule has 2 N–H and O–H groups in total. The summed E-state index contributed by atoms with van der Waals surface area (Å²) < 4.78 is 0. The first-order valence-electron chi connectivity index (χ1n) is 5.80. The molecule has 0 heterocycles. The molecule has 0 aromatic heterocycles. The van der Waals surface area contributed by atoms with Gasteiger partial charge in [-0.1, -0.05) is 0 Å². The molecule has 0 bridgehead atoms. The number of carbonyl (C=O) groups is 2. The van der Waals surface area contributed by atoms with E-state index in [1.165, 1.54) is 0 Å². The maximum absolute atomic E-state index is 11.3. The highest BCUT2D eigenvalue weighted by Crippen LogP contribution is 2.18. The second kappa shape index (κ2) is 6.48. The van der Waals surface area contributed by atoms with Crippen LogP contribution < -0.4 is 10.6 Å². The summed E-state index contributed by atoms with van der Waals surface area (Å²) >= 11 is 0. The Hall–Kier alpha value is -1.10. The summed E-state index contributed by atoms with van der Waals surface area (Å²) in [6.45, 7) is 1.05. The van der Waals surface area contributed by atoms with Crippen molar-refractivity contribution in [3.63, 3.8) is 0 Å². The standard InChI is InChI=1S/C11H21N3O2/c1-14(2)11(16)8-12-7-3-4-10(15)13-9-5-6-9/h9,12H,3-8H2,1-2H3,(H,13,15). The Balaban J connectivity index is 1.90. The van der Waals surface area contributed by atoms with Gasteiger partial charge in [0.1, 0.15) is 0 Å². The minimum Gasteiger partial charge on any atom is -0.353 e. The van der Waals surface area contributed by atoms with Crippen molar-refractivity contribution in [1.82, 2.24) is 15.5 Å². The molecule has 5 nitrogen and oxygen atoms in total. The smallest absolute Gasteiger partial charge is 0.236 e. The number of hydrogen-bond donors (Lipinski definition) is 2. The van der Waals surface area contributed by atoms with Crippen molar-refractivity contribution in [2.24, 2.45) is 0 Å². The first-order chi connectivity index (χ1) is 7.59. The van der Waals surface area contributed by atoms with E-state index in [1.807, 2.05) is 0 Å². The van der Waals surface area contributed by atoms with Crippen LogP contribution in [-0.4, -0.2) is 49.9 Å². The predicted octanol–water partition coefficient (Wildman–Crippen LogP) is -0.277. The number of nitrogens with zero attached hydrogens (tertiary/aromatic N) is 1. The van der Waals surface area contributed by atoms with Gasteiger partial charge in [-0.2, -0.15) is 0 Å². The lowest BCUT2D eigenvalue weighted by Gasteiger charge is -2.10. The van der Waals surface area contributed by atoms with Crippen molar-refractivity contribution in [1.29, 1.82) is 0 Å². The maximum atomic E-state index is 11.3. The molecule has 16 heavy (non-hydrogen) atoms. The number of rotatable bonds is 7. The Morgan fingerprint density at radius 1 is 1.31 bits per heavy atom. The minimum atomic E-state index is 0.0578. The third kappa shape index (κ3) is 5.70. The molecule has 1 aliphatic carbocycles. The summed E-state index contributed by atoms with van der Waals surface area (Å²) in [5.41, 5.74) is 0. The fourth-order valence-electron chi connectivity index (χ4n) is 1.25. The lowest BCUT2D eigenvalue weighted by molar-refractivity contribution is -0.127. The molecule has 0 spiro atoms. The zero-order valence-electron chi connectivity index (χ0n) is 10.1. The molecule has 1 rings (SSSR count). The van der Waals surface area contributed by atoms with Gasteiger partial charge in [-0.05, 0) is 25.8 Å². The van der Waals surface area contributed by atoms with Crippen LogP contribution in [0.4, 0.5) is 0 Å². The fraction of sp³-hybridized carbons (Fsp3) is 0.818. The van der Waals surface area contributed by atoms with Crippen LogP contribution in [0.2, 0.25) is 0 Å². The zero-order chi connectivity index (χ0) is 12.0. The molecule has 0 atom stereocenters. The quantitative estimate of drug-likeness (QED) is 0.588. The van der Waals surface area contributed by atoms with Gasteiger partial charge in [-0.25, -0.2) is 0 Å². The van der Waals surface area contributed by atoms with Crippen LogP contribution in [0, 0.1) is 0 Å². The maximum Gasteiger partial charge on any atom is 0.236 e. The van der Waals surface area contributed by atoms with E-state index in [0.29, 0.717) is 25.6 Å². The van der Waals surface area contributed by atoms with E-state index in [0.717, 1.165) is 19.3 Å². The van der Waals surface area contributed by atoms with Crippen LogP contribution in [0.25, 0.3) is 0 Å². The molecule has 0 aromatic rings.